The minimum absolute atomic E-state index is 0.203. The highest BCUT2D eigenvalue weighted by Gasteiger charge is 2.28. The highest BCUT2D eigenvalue weighted by Crippen LogP contribution is 2.32. The zero-order valence-corrected chi connectivity index (χ0v) is 11.8. The Hall–Kier alpha value is -2.04. The third kappa shape index (κ3) is 3.98. The number of ether oxygens (including phenoxy) is 1. The Morgan fingerprint density at radius 2 is 1.95 bits per heavy atom. The van der Waals surface area contributed by atoms with Gasteiger partial charge in [0.1, 0.15) is 0 Å². The maximum atomic E-state index is 11.8. The average molecular weight is 276 g/mol. The summed E-state index contributed by atoms with van der Waals surface area (Å²) < 4.78 is 4.90. The molecule has 1 unspecified atom stereocenters. The van der Waals surface area contributed by atoms with Gasteiger partial charge in [-0.05, 0) is 56.9 Å². The van der Waals surface area contributed by atoms with Crippen LogP contribution in [0, 0.1) is 5.92 Å². The third-order valence-electron chi connectivity index (χ3n) is 3.34. The van der Waals surface area contributed by atoms with Crippen molar-refractivity contribution in [3.8, 4) is 0 Å². The van der Waals surface area contributed by atoms with E-state index < -0.39 is 0 Å². The second kappa shape index (κ2) is 6.41. The first kappa shape index (κ1) is 14.4. The predicted molar refractivity (Wildman–Crippen MR) is 76.7 cm³/mol. The van der Waals surface area contributed by atoms with E-state index in [4.69, 9.17) is 4.74 Å². The molecule has 2 N–H and O–H groups in total. The topological polar surface area (TPSA) is 67.4 Å². The van der Waals surface area contributed by atoms with E-state index >= 15 is 0 Å². The molecule has 1 aliphatic rings. The molecule has 0 heterocycles. The summed E-state index contributed by atoms with van der Waals surface area (Å²) in [5.41, 5.74) is 1.13. The molecule has 0 spiro atoms. The Kier molecular flexibility index (Phi) is 4.61. The molecule has 1 aliphatic carbocycles. The minimum atomic E-state index is -0.356. The number of carbonyl (C=O) groups excluding carboxylic acids is 2. The lowest BCUT2D eigenvalue weighted by Crippen LogP contribution is -2.37. The van der Waals surface area contributed by atoms with Crippen molar-refractivity contribution in [3.05, 3.63) is 29.8 Å². The van der Waals surface area contributed by atoms with Crippen LogP contribution in [0.15, 0.2) is 24.3 Å². The summed E-state index contributed by atoms with van der Waals surface area (Å²) >= 11 is 0. The number of carbonyl (C=O) groups is 2. The van der Waals surface area contributed by atoms with E-state index in [9.17, 15) is 9.59 Å². The van der Waals surface area contributed by atoms with E-state index in [0.717, 1.165) is 0 Å². The van der Waals surface area contributed by atoms with Crippen molar-refractivity contribution in [2.45, 2.75) is 32.7 Å². The molecule has 0 radical (unpaired) electrons. The maximum Gasteiger partial charge on any atom is 0.338 e. The zero-order valence-electron chi connectivity index (χ0n) is 11.8. The highest BCUT2D eigenvalue weighted by atomic mass is 16.5. The molecule has 1 atom stereocenters. The van der Waals surface area contributed by atoms with Crippen LogP contribution in [0.3, 0.4) is 0 Å². The van der Waals surface area contributed by atoms with Crippen LogP contribution in [-0.2, 0) is 4.74 Å². The standard InChI is InChI=1S/C15H20N2O3/c1-3-20-14(18)12-6-8-13(9-7-12)17-15(19)16-10(2)11-4-5-11/h6-11H,3-5H2,1-2H3,(H2,16,17,19). The first-order valence-electron chi connectivity index (χ1n) is 6.95. The molecule has 1 fully saturated rings. The molecule has 1 aromatic rings. The molecule has 0 aliphatic heterocycles. The molecular formula is C15H20N2O3. The zero-order chi connectivity index (χ0) is 14.5. The van der Waals surface area contributed by atoms with Crippen LogP contribution in [0.4, 0.5) is 10.5 Å². The first-order valence-corrected chi connectivity index (χ1v) is 6.95. The normalized spacial score (nSPS) is 15.3. The Labute approximate surface area is 118 Å². The van der Waals surface area contributed by atoms with Gasteiger partial charge in [0.2, 0.25) is 0 Å². The Bertz CT molecular complexity index is 480. The number of anilines is 1. The third-order valence-corrected chi connectivity index (χ3v) is 3.34. The summed E-state index contributed by atoms with van der Waals surface area (Å²) in [6.45, 7) is 4.13. The molecule has 1 aromatic carbocycles. The van der Waals surface area contributed by atoms with Crippen molar-refractivity contribution < 1.29 is 14.3 Å². The van der Waals surface area contributed by atoms with Crippen LogP contribution in [0.1, 0.15) is 37.0 Å². The van der Waals surface area contributed by atoms with Gasteiger partial charge in [-0.15, -0.1) is 0 Å². The summed E-state index contributed by atoms with van der Waals surface area (Å²) in [5.74, 6) is 0.262. The van der Waals surface area contributed by atoms with E-state index in [1.165, 1.54) is 12.8 Å². The largest absolute Gasteiger partial charge is 0.462 e. The van der Waals surface area contributed by atoms with Gasteiger partial charge >= 0.3 is 12.0 Å². The van der Waals surface area contributed by atoms with Gasteiger partial charge < -0.3 is 15.4 Å². The monoisotopic (exact) mass is 276 g/mol. The first-order chi connectivity index (χ1) is 9.60. The van der Waals surface area contributed by atoms with Crippen LogP contribution < -0.4 is 10.6 Å². The van der Waals surface area contributed by atoms with Crippen LogP contribution in [-0.4, -0.2) is 24.6 Å². The molecule has 0 aromatic heterocycles. The van der Waals surface area contributed by atoms with Gasteiger partial charge in [-0.2, -0.15) is 0 Å². The van der Waals surface area contributed by atoms with Crippen molar-refractivity contribution in [3.63, 3.8) is 0 Å². The number of nitrogens with one attached hydrogen (secondary N) is 2. The van der Waals surface area contributed by atoms with E-state index in [0.29, 0.717) is 23.8 Å². The lowest BCUT2D eigenvalue weighted by molar-refractivity contribution is 0.0526. The van der Waals surface area contributed by atoms with Crippen molar-refractivity contribution in [2.75, 3.05) is 11.9 Å². The Morgan fingerprint density at radius 1 is 1.30 bits per heavy atom. The summed E-state index contributed by atoms with van der Waals surface area (Å²) in [6, 6.07) is 6.64. The summed E-state index contributed by atoms with van der Waals surface area (Å²) in [5, 5.41) is 5.66. The molecule has 5 heteroatoms. The molecule has 1 saturated carbocycles. The van der Waals surface area contributed by atoms with Gasteiger partial charge in [0.25, 0.3) is 0 Å². The van der Waals surface area contributed by atoms with Crippen LogP contribution in [0.5, 0.6) is 0 Å². The van der Waals surface area contributed by atoms with Gasteiger partial charge in [-0.25, -0.2) is 9.59 Å². The SMILES string of the molecule is CCOC(=O)c1ccc(NC(=O)NC(C)C2CC2)cc1. The molecule has 2 rings (SSSR count). The number of rotatable bonds is 5. The van der Waals surface area contributed by atoms with Crippen molar-refractivity contribution in [2.24, 2.45) is 5.92 Å². The quantitative estimate of drug-likeness (QED) is 0.813. The number of esters is 1. The van der Waals surface area contributed by atoms with Crippen molar-refractivity contribution in [1.82, 2.24) is 5.32 Å². The summed E-state index contributed by atoms with van der Waals surface area (Å²) in [7, 11) is 0. The van der Waals surface area contributed by atoms with Crippen LogP contribution >= 0.6 is 0 Å². The smallest absolute Gasteiger partial charge is 0.338 e. The number of hydrogen-bond acceptors (Lipinski definition) is 3. The predicted octanol–water partition coefficient (Wildman–Crippen LogP) is 2.78. The van der Waals surface area contributed by atoms with Crippen molar-refractivity contribution >= 4 is 17.7 Å². The number of urea groups is 1. The van der Waals surface area contributed by atoms with Gasteiger partial charge in [-0.1, -0.05) is 0 Å². The Balaban J connectivity index is 1.86. The van der Waals surface area contributed by atoms with E-state index in [1.54, 1.807) is 31.2 Å². The molecule has 2 amide bonds. The van der Waals surface area contributed by atoms with Gasteiger partial charge in [0.15, 0.2) is 0 Å². The second-order valence-corrected chi connectivity index (χ2v) is 5.02. The van der Waals surface area contributed by atoms with Gasteiger partial charge in [0.05, 0.1) is 12.2 Å². The lowest BCUT2D eigenvalue weighted by Gasteiger charge is -2.13. The van der Waals surface area contributed by atoms with Crippen LogP contribution in [0.25, 0.3) is 0 Å². The van der Waals surface area contributed by atoms with Gasteiger partial charge in [0, 0.05) is 11.7 Å². The highest BCUT2D eigenvalue weighted by molar-refractivity contribution is 5.92. The van der Waals surface area contributed by atoms with E-state index in [-0.39, 0.29) is 18.0 Å². The lowest BCUT2D eigenvalue weighted by atomic mass is 10.2. The molecule has 108 valence electrons. The average Bonchev–Trinajstić information content (AvgIpc) is 3.24. The second-order valence-electron chi connectivity index (χ2n) is 5.02. The van der Waals surface area contributed by atoms with Gasteiger partial charge in [-0.3, -0.25) is 0 Å². The number of amides is 2. The van der Waals surface area contributed by atoms with E-state index in [2.05, 4.69) is 10.6 Å². The number of benzene rings is 1. The fourth-order valence-electron chi connectivity index (χ4n) is 1.99. The molecular weight excluding hydrogens is 256 g/mol. The molecule has 0 bridgehead atoms. The summed E-state index contributed by atoms with van der Waals surface area (Å²) in [6.07, 6.45) is 2.38. The maximum absolute atomic E-state index is 11.8. The van der Waals surface area contributed by atoms with Crippen LogP contribution in [0.2, 0.25) is 0 Å². The van der Waals surface area contributed by atoms with Crippen molar-refractivity contribution in [1.29, 1.82) is 0 Å². The fourth-order valence-corrected chi connectivity index (χ4v) is 1.99. The molecule has 20 heavy (non-hydrogen) atoms. The molecule has 5 nitrogen and oxygen atoms in total. The summed E-state index contributed by atoms with van der Waals surface area (Å²) in [4.78, 5) is 23.2. The Morgan fingerprint density at radius 3 is 2.50 bits per heavy atom. The van der Waals surface area contributed by atoms with E-state index in [1.807, 2.05) is 6.92 Å². The minimum Gasteiger partial charge on any atom is -0.462 e. The fraction of sp³-hybridized carbons (Fsp3) is 0.467. The number of hydrogen-bond donors (Lipinski definition) is 2. The molecule has 0 saturated heterocycles.